The van der Waals surface area contributed by atoms with Crippen LogP contribution in [0.15, 0.2) is 24.3 Å². The second kappa shape index (κ2) is 36.1. The lowest BCUT2D eigenvalue weighted by Crippen LogP contribution is -2.61. The van der Waals surface area contributed by atoms with Crippen molar-refractivity contribution < 1.29 is 103 Å². The van der Waals surface area contributed by atoms with Crippen LogP contribution in [0.1, 0.15) is 98.5 Å². The summed E-state index contributed by atoms with van der Waals surface area (Å²) in [7, 11) is 0. The molecule has 0 radical (unpaired) electrons. The molecule has 1 aromatic carbocycles. The summed E-state index contributed by atoms with van der Waals surface area (Å²) >= 11 is 0. The summed E-state index contributed by atoms with van der Waals surface area (Å²) in [6.45, 7) is 4.87. The van der Waals surface area contributed by atoms with Gasteiger partial charge in [0, 0.05) is 32.7 Å². The normalized spacial score (nSPS) is 15.9. The molecular weight excluding hydrogens is 1140 g/mol. The molecule has 33 nitrogen and oxygen atoms in total. The molecule has 1 fully saturated rings. The minimum atomic E-state index is -1.84. The van der Waals surface area contributed by atoms with Gasteiger partial charge in [-0.1, -0.05) is 53.2 Å². The maximum Gasteiger partial charge on any atom is 0.303 e. The van der Waals surface area contributed by atoms with Crippen LogP contribution in [0.25, 0.3) is 0 Å². The topological polar surface area (TPSA) is 527 Å². The van der Waals surface area contributed by atoms with E-state index in [-0.39, 0.29) is 50.8 Å². The van der Waals surface area contributed by atoms with Gasteiger partial charge in [0.1, 0.15) is 60.1 Å². The number of carboxylic acids is 2. The second-order valence-electron chi connectivity index (χ2n) is 20.9. The van der Waals surface area contributed by atoms with Crippen LogP contribution in [-0.4, -0.2) is 217 Å². The number of primary amides is 1. The standard InChI is InChI=1S/C53H80N12O21/c1-7-9-30(43(76)52(85)55-21-38(71)57-35(23-67)48(81)62-36(24-68)49(82)60-33(20-28-11-13-29(70)14-12-28)47(80)61-34(22-66)44(54)77)58-50(83)37-10-8-19-65(37)53(86)42(26(4)5)64-51(84)41(25(2)3)63-46(79)32(16-18-40(74)75)59-45(78)31(56-27(6)69)15-17-39(72)73/h11-14,25-26,30-37,41-42,66-68,70H,7-10,15-24H2,1-6H3,(H2,54,77)(H,55,85)(H,56,69)(H,57,71)(H,58,83)(H,59,78)(H,60,82)(H,61,80)(H,62,81)(H,63,79)(H,64,84)(H,72,73)(H,74,75)/t30-,31-,32-,33-,34-,35+,36+,37?,41-,42-/m0/s1. The van der Waals surface area contributed by atoms with Crippen LogP contribution >= 0.6 is 0 Å². The first-order chi connectivity index (χ1) is 40.4. The Morgan fingerprint density at radius 1 is 0.570 bits per heavy atom. The first kappa shape index (κ1) is 73.3. The molecule has 33 heteroatoms. The third-order valence-corrected chi connectivity index (χ3v) is 13.3. The van der Waals surface area contributed by atoms with Crippen molar-refractivity contribution in [3.63, 3.8) is 0 Å². The fourth-order valence-electron chi connectivity index (χ4n) is 8.58. The minimum Gasteiger partial charge on any atom is -0.508 e. The zero-order chi connectivity index (χ0) is 65.1. The number of carboxylic acid groups (broad SMARTS) is 2. The van der Waals surface area contributed by atoms with Crippen molar-refractivity contribution in [1.82, 2.24) is 58.1 Å². The molecule has 2 rings (SSSR count). The smallest absolute Gasteiger partial charge is 0.303 e. The Labute approximate surface area is 493 Å². The Bertz CT molecular complexity index is 2620. The van der Waals surface area contributed by atoms with Gasteiger partial charge in [0.25, 0.3) is 5.91 Å². The van der Waals surface area contributed by atoms with E-state index in [1.807, 2.05) is 0 Å². The fourth-order valence-corrected chi connectivity index (χ4v) is 8.58. The van der Waals surface area contributed by atoms with Crippen LogP contribution < -0.4 is 58.9 Å². The SMILES string of the molecule is CCC[C@H](NC(=O)C1CCCN1C(=O)[C@@H](NC(=O)[C@@H](NC(=O)[C@H](CCC(=O)O)NC(=O)[C@H](CCC(=O)O)NC(C)=O)C(C)C)C(C)C)C(=O)C(=O)NCC(=O)N[C@H](CO)C(=O)N[C@H](CO)C(=O)N[C@@H](Cc1ccc(O)cc1)C(=O)N[C@@H](CO)C(N)=O. The zero-order valence-corrected chi connectivity index (χ0v) is 48.5. The number of nitrogens with zero attached hydrogens (tertiary/aromatic N) is 1. The highest BCUT2D eigenvalue weighted by Crippen LogP contribution is 2.22. The number of aromatic hydroxyl groups is 1. The molecule has 0 saturated carbocycles. The average Bonchev–Trinajstić information content (AvgIpc) is 2.47. The Morgan fingerprint density at radius 3 is 1.53 bits per heavy atom. The van der Waals surface area contributed by atoms with Gasteiger partial charge in [-0.15, -0.1) is 0 Å². The zero-order valence-electron chi connectivity index (χ0n) is 48.5. The van der Waals surface area contributed by atoms with E-state index in [1.165, 1.54) is 29.2 Å². The summed E-state index contributed by atoms with van der Waals surface area (Å²) in [5.41, 5.74) is 5.58. The van der Waals surface area contributed by atoms with Crippen molar-refractivity contribution in [1.29, 1.82) is 0 Å². The number of nitrogens with one attached hydrogen (secondary N) is 10. The van der Waals surface area contributed by atoms with E-state index in [9.17, 15) is 97.5 Å². The second-order valence-corrected chi connectivity index (χ2v) is 20.9. The van der Waals surface area contributed by atoms with E-state index in [0.717, 1.165) is 6.92 Å². The minimum absolute atomic E-state index is 0.00732. The Morgan fingerprint density at radius 2 is 1.03 bits per heavy atom. The highest BCUT2D eigenvalue weighted by Gasteiger charge is 2.42. The van der Waals surface area contributed by atoms with Crippen LogP contribution in [0.2, 0.25) is 0 Å². The Kier molecular flexibility index (Phi) is 30.7. The number of carbonyl (C=O) groups excluding carboxylic acids is 13. The van der Waals surface area contributed by atoms with E-state index >= 15 is 0 Å². The first-order valence-electron chi connectivity index (χ1n) is 27.5. The largest absolute Gasteiger partial charge is 0.508 e. The highest BCUT2D eigenvalue weighted by molar-refractivity contribution is 6.38. The summed E-state index contributed by atoms with van der Waals surface area (Å²) in [5.74, 6) is -17.6. The molecule has 0 aliphatic carbocycles. The summed E-state index contributed by atoms with van der Waals surface area (Å²) < 4.78 is 0. The van der Waals surface area contributed by atoms with Crippen LogP contribution in [0.5, 0.6) is 5.75 Å². The molecule has 0 bridgehead atoms. The number of nitrogens with two attached hydrogens (primary N) is 1. The Hall–Kier alpha value is -8.85. The summed E-state index contributed by atoms with van der Waals surface area (Å²) in [6.07, 6.45) is -1.85. The molecule has 10 atom stereocenters. The third kappa shape index (κ3) is 24.0. The number of rotatable bonds is 37. The predicted octanol–water partition coefficient (Wildman–Crippen LogP) is -6.70. The summed E-state index contributed by atoms with van der Waals surface area (Å²) in [6, 6.07) is -9.92. The van der Waals surface area contributed by atoms with Crippen molar-refractivity contribution in [2.45, 2.75) is 160 Å². The third-order valence-electron chi connectivity index (χ3n) is 13.3. The molecule has 478 valence electrons. The van der Waals surface area contributed by atoms with Gasteiger partial charge in [0.2, 0.25) is 70.8 Å². The maximum atomic E-state index is 14.3. The number of phenols is 1. The van der Waals surface area contributed by atoms with Gasteiger partial charge >= 0.3 is 11.9 Å². The first-order valence-corrected chi connectivity index (χ1v) is 27.5. The number of aliphatic carboxylic acids is 2. The monoisotopic (exact) mass is 1220 g/mol. The predicted molar refractivity (Wildman–Crippen MR) is 296 cm³/mol. The number of aliphatic hydroxyl groups is 3. The number of ketones is 1. The molecule has 1 heterocycles. The van der Waals surface area contributed by atoms with Crippen molar-refractivity contribution in [3.8, 4) is 5.75 Å². The molecule has 1 aliphatic rings. The molecule has 1 saturated heterocycles. The molecule has 0 aromatic heterocycles. The quantitative estimate of drug-likeness (QED) is 0.0275. The average molecular weight is 1220 g/mol. The fraction of sp³-hybridized carbons (Fsp3) is 0.604. The van der Waals surface area contributed by atoms with Crippen LogP contribution in [0, 0.1) is 11.8 Å². The van der Waals surface area contributed by atoms with Crippen molar-refractivity contribution in [3.05, 3.63) is 29.8 Å². The van der Waals surface area contributed by atoms with E-state index in [4.69, 9.17) is 10.8 Å². The molecular formula is C53H80N12O21. The molecule has 86 heavy (non-hydrogen) atoms. The number of amides is 12. The van der Waals surface area contributed by atoms with E-state index in [2.05, 4.69) is 53.2 Å². The summed E-state index contributed by atoms with van der Waals surface area (Å²) in [4.78, 5) is 196. The Balaban J connectivity index is 2.16. The van der Waals surface area contributed by atoms with E-state index in [1.54, 1.807) is 34.6 Å². The van der Waals surface area contributed by atoms with Gasteiger partial charge in [-0.2, -0.15) is 0 Å². The molecule has 12 amide bonds. The number of hydrogen-bond donors (Lipinski definition) is 17. The molecule has 1 aliphatic heterocycles. The maximum absolute atomic E-state index is 14.3. The number of hydrogen-bond acceptors (Lipinski definition) is 19. The number of Topliss-reactive ketones (excluding diaryl/α,β-unsaturated/α-hetero) is 1. The number of aliphatic hydroxyl groups excluding tert-OH is 3. The van der Waals surface area contributed by atoms with Gasteiger partial charge in [-0.25, -0.2) is 0 Å². The van der Waals surface area contributed by atoms with Gasteiger partial charge in [-0.3, -0.25) is 71.9 Å². The van der Waals surface area contributed by atoms with Gasteiger partial charge < -0.3 is 94.4 Å². The lowest BCUT2D eigenvalue weighted by atomic mass is 9.98. The van der Waals surface area contributed by atoms with Crippen LogP contribution in [-0.2, 0) is 78.3 Å². The highest BCUT2D eigenvalue weighted by atomic mass is 16.4. The van der Waals surface area contributed by atoms with Gasteiger partial charge in [0.05, 0.1) is 32.4 Å². The number of likely N-dealkylation sites (tertiary alicyclic amines) is 1. The lowest BCUT2D eigenvalue weighted by molar-refractivity contribution is -0.144. The number of carbonyl (C=O) groups is 15. The van der Waals surface area contributed by atoms with E-state index in [0.29, 0.717) is 5.56 Å². The number of phenolic OH excluding ortho intramolecular Hbond substituents is 1. The molecule has 1 unspecified atom stereocenters. The van der Waals surface area contributed by atoms with Gasteiger partial charge in [-0.05, 0) is 61.6 Å². The van der Waals surface area contributed by atoms with Crippen molar-refractivity contribution in [2.75, 3.05) is 32.9 Å². The molecule has 0 spiro atoms. The lowest BCUT2D eigenvalue weighted by Gasteiger charge is -2.33. The van der Waals surface area contributed by atoms with Crippen molar-refractivity contribution >= 4 is 88.6 Å². The van der Waals surface area contributed by atoms with E-state index < -0.39 is 206 Å². The number of benzene rings is 1. The van der Waals surface area contributed by atoms with Gasteiger partial charge in [0.15, 0.2) is 0 Å². The summed E-state index contributed by atoms with van der Waals surface area (Å²) in [5, 5.41) is 80.5. The molecule has 18 N–H and O–H groups in total. The van der Waals surface area contributed by atoms with Crippen molar-refractivity contribution in [2.24, 2.45) is 17.6 Å². The van der Waals surface area contributed by atoms with Crippen LogP contribution in [0.3, 0.4) is 0 Å². The van der Waals surface area contributed by atoms with Crippen LogP contribution in [0.4, 0.5) is 0 Å². The molecule has 1 aromatic rings.